The predicted molar refractivity (Wildman–Crippen MR) is 102 cm³/mol. The van der Waals surface area contributed by atoms with E-state index in [0.29, 0.717) is 13.0 Å². The van der Waals surface area contributed by atoms with Crippen LogP contribution in [-0.2, 0) is 27.5 Å². The molecule has 2 rings (SSSR count). The first-order valence-corrected chi connectivity index (χ1v) is 10.5. The summed E-state index contributed by atoms with van der Waals surface area (Å²) < 4.78 is 42.8. The van der Waals surface area contributed by atoms with Crippen molar-refractivity contribution in [3.63, 3.8) is 0 Å². The van der Waals surface area contributed by atoms with E-state index >= 15 is 0 Å². The smallest absolute Gasteiger partial charge is 0.407 e. The number of halogens is 1. The second-order valence-corrected chi connectivity index (χ2v) is 8.29. The summed E-state index contributed by atoms with van der Waals surface area (Å²) in [6, 6.07) is 12.2. The Bertz CT molecular complexity index is 833. The van der Waals surface area contributed by atoms with Crippen LogP contribution in [0.3, 0.4) is 0 Å². The molecule has 0 radical (unpaired) electrons. The van der Waals surface area contributed by atoms with E-state index in [1.165, 1.54) is 24.3 Å². The van der Waals surface area contributed by atoms with Crippen LogP contribution in [0.15, 0.2) is 53.4 Å². The van der Waals surface area contributed by atoms with E-state index in [1.54, 1.807) is 24.3 Å². The van der Waals surface area contributed by atoms with E-state index in [4.69, 9.17) is 4.74 Å². The van der Waals surface area contributed by atoms with E-state index in [9.17, 15) is 17.6 Å². The van der Waals surface area contributed by atoms with Crippen LogP contribution in [0.1, 0.15) is 30.9 Å². The van der Waals surface area contributed by atoms with Gasteiger partial charge in [0.05, 0.1) is 17.3 Å². The predicted octanol–water partition coefficient (Wildman–Crippen LogP) is 3.87. The van der Waals surface area contributed by atoms with Crippen LogP contribution >= 0.6 is 0 Å². The quantitative estimate of drug-likeness (QED) is 0.657. The molecule has 0 saturated heterocycles. The fourth-order valence-electron chi connectivity index (χ4n) is 2.37. The number of alkyl carbamates (subject to hydrolysis) is 1. The molecule has 27 heavy (non-hydrogen) atoms. The van der Waals surface area contributed by atoms with Gasteiger partial charge >= 0.3 is 6.09 Å². The van der Waals surface area contributed by atoms with E-state index in [1.807, 2.05) is 6.92 Å². The Labute approximate surface area is 159 Å². The average molecular weight is 393 g/mol. The maximum absolute atomic E-state index is 12.9. The number of unbranched alkanes of at least 4 members (excludes halogenated alkanes) is 1. The zero-order valence-corrected chi connectivity index (χ0v) is 16.1. The van der Waals surface area contributed by atoms with Crippen molar-refractivity contribution < 1.29 is 22.3 Å². The van der Waals surface area contributed by atoms with Crippen molar-refractivity contribution in [3.8, 4) is 0 Å². The Hall–Kier alpha value is -2.41. The molecule has 0 atom stereocenters. The molecule has 0 spiro atoms. The van der Waals surface area contributed by atoms with E-state index in [0.717, 1.165) is 24.0 Å². The molecule has 0 heterocycles. The Morgan fingerprint density at radius 2 is 1.67 bits per heavy atom. The molecule has 0 aromatic heterocycles. The zero-order valence-electron chi connectivity index (χ0n) is 15.3. The molecule has 146 valence electrons. The van der Waals surface area contributed by atoms with Gasteiger partial charge in [0, 0.05) is 6.54 Å². The van der Waals surface area contributed by atoms with Crippen molar-refractivity contribution >= 4 is 15.9 Å². The molecular weight excluding hydrogens is 369 g/mol. The van der Waals surface area contributed by atoms with Gasteiger partial charge in [0.25, 0.3) is 0 Å². The Balaban J connectivity index is 1.87. The van der Waals surface area contributed by atoms with Gasteiger partial charge in [0.15, 0.2) is 9.84 Å². The topological polar surface area (TPSA) is 72.5 Å². The molecule has 0 aliphatic heterocycles. The number of sulfone groups is 1. The largest absolute Gasteiger partial charge is 0.450 e. The number of aryl methyl sites for hydroxylation is 1. The van der Waals surface area contributed by atoms with E-state index in [2.05, 4.69) is 5.32 Å². The summed E-state index contributed by atoms with van der Waals surface area (Å²) in [5.74, 6) is -0.403. The summed E-state index contributed by atoms with van der Waals surface area (Å²) in [5.41, 5.74) is 1.54. The molecule has 0 fully saturated rings. The summed E-state index contributed by atoms with van der Waals surface area (Å²) in [6.07, 6.45) is 1.59. The molecule has 2 aromatic rings. The summed E-state index contributed by atoms with van der Waals surface area (Å²) in [7, 11) is -3.44. The van der Waals surface area contributed by atoms with E-state index in [-0.39, 0.29) is 23.0 Å². The fourth-order valence-corrected chi connectivity index (χ4v) is 3.66. The van der Waals surface area contributed by atoms with Crippen molar-refractivity contribution in [3.05, 3.63) is 65.5 Å². The van der Waals surface area contributed by atoms with Gasteiger partial charge in [-0.25, -0.2) is 17.6 Å². The Morgan fingerprint density at radius 3 is 2.30 bits per heavy atom. The first-order chi connectivity index (χ1) is 12.9. The van der Waals surface area contributed by atoms with Crippen molar-refractivity contribution in [2.45, 2.75) is 37.6 Å². The summed E-state index contributed by atoms with van der Waals surface area (Å²) >= 11 is 0. The van der Waals surface area contributed by atoms with Gasteiger partial charge < -0.3 is 10.1 Å². The fraction of sp³-hybridized carbons (Fsp3) is 0.350. The van der Waals surface area contributed by atoms with E-state index < -0.39 is 15.9 Å². The number of rotatable bonds is 9. The minimum Gasteiger partial charge on any atom is -0.450 e. The lowest BCUT2D eigenvalue weighted by Crippen LogP contribution is -2.24. The highest BCUT2D eigenvalue weighted by atomic mass is 32.2. The third-order valence-corrected chi connectivity index (χ3v) is 5.76. The molecule has 0 aliphatic carbocycles. The maximum atomic E-state index is 12.9. The summed E-state index contributed by atoms with van der Waals surface area (Å²) in [4.78, 5) is 11.7. The van der Waals surface area contributed by atoms with Gasteiger partial charge in [-0.2, -0.15) is 0 Å². The van der Waals surface area contributed by atoms with Crippen molar-refractivity contribution in [1.82, 2.24) is 5.32 Å². The minimum absolute atomic E-state index is 0.0556. The van der Waals surface area contributed by atoms with Crippen LogP contribution in [0.2, 0.25) is 0 Å². The SMILES string of the molecule is CCCCOC(=O)NCc1ccc(S(=O)(=O)CCc2ccc(F)cc2)cc1. The number of ether oxygens (including phenoxy) is 1. The number of nitrogens with one attached hydrogen (secondary N) is 1. The minimum atomic E-state index is -3.44. The van der Waals surface area contributed by atoms with Gasteiger partial charge in [-0.15, -0.1) is 0 Å². The van der Waals surface area contributed by atoms with Crippen LogP contribution in [0.4, 0.5) is 9.18 Å². The van der Waals surface area contributed by atoms with Crippen molar-refractivity contribution in [2.75, 3.05) is 12.4 Å². The summed E-state index contributed by atoms with van der Waals surface area (Å²) in [5, 5.41) is 2.63. The third-order valence-electron chi connectivity index (χ3n) is 4.02. The van der Waals surface area contributed by atoms with Crippen LogP contribution in [-0.4, -0.2) is 26.9 Å². The number of hydrogen-bond donors (Lipinski definition) is 1. The van der Waals surface area contributed by atoms with Crippen molar-refractivity contribution in [1.29, 1.82) is 0 Å². The molecule has 7 heteroatoms. The molecule has 1 amide bonds. The number of benzene rings is 2. The molecule has 5 nitrogen and oxygen atoms in total. The van der Waals surface area contributed by atoms with Crippen LogP contribution in [0.25, 0.3) is 0 Å². The highest BCUT2D eigenvalue weighted by Gasteiger charge is 2.14. The molecule has 2 aromatic carbocycles. The average Bonchev–Trinajstić information content (AvgIpc) is 2.66. The van der Waals surface area contributed by atoms with Gasteiger partial charge in [0.1, 0.15) is 5.82 Å². The van der Waals surface area contributed by atoms with Crippen LogP contribution < -0.4 is 5.32 Å². The Kier molecular flexibility index (Phi) is 7.79. The maximum Gasteiger partial charge on any atom is 0.407 e. The molecule has 1 N–H and O–H groups in total. The molecule has 0 unspecified atom stereocenters. The standard InChI is InChI=1S/C20H24FNO4S/c1-2-3-13-26-20(23)22-15-17-6-10-19(11-7-17)27(24,25)14-12-16-4-8-18(21)9-5-16/h4-11H,2-3,12-15H2,1H3,(H,22,23). The molecule has 0 saturated carbocycles. The summed E-state index contributed by atoms with van der Waals surface area (Å²) in [6.45, 7) is 2.66. The first kappa shape index (κ1) is 20.9. The van der Waals surface area contributed by atoms with Crippen molar-refractivity contribution in [2.24, 2.45) is 0 Å². The van der Waals surface area contributed by atoms with Crippen LogP contribution in [0.5, 0.6) is 0 Å². The second kappa shape index (κ2) is 10.1. The monoisotopic (exact) mass is 393 g/mol. The van der Waals surface area contributed by atoms with Crippen LogP contribution in [0, 0.1) is 5.82 Å². The number of carbonyl (C=O) groups excluding carboxylic acids is 1. The van der Waals surface area contributed by atoms with Gasteiger partial charge in [-0.1, -0.05) is 37.6 Å². The Morgan fingerprint density at radius 1 is 1.04 bits per heavy atom. The lowest BCUT2D eigenvalue weighted by molar-refractivity contribution is 0.144. The van der Waals surface area contributed by atoms with Gasteiger partial charge in [-0.3, -0.25) is 0 Å². The first-order valence-electron chi connectivity index (χ1n) is 8.87. The van der Waals surface area contributed by atoms with Gasteiger partial charge in [-0.05, 0) is 48.2 Å². The highest BCUT2D eigenvalue weighted by Crippen LogP contribution is 2.15. The lowest BCUT2D eigenvalue weighted by atomic mass is 10.2. The molecule has 0 bridgehead atoms. The lowest BCUT2D eigenvalue weighted by Gasteiger charge is -2.08. The molecule has 0 aliphatic rings. The molecular formula is C20H24FNO4S. The highest BCUT2D eigenvalue weighted by molar-refractivity contribution is 7.91. The number of amides is 1. The normalized spacial score (nSPS) is 11.2. The van der Waals surface area contributed by atoms with Gasteiger partial charge in [0.2, 0.25) is 0 Å². The second-order valence-electron chi connectivity index (χ2n) is 6.18. The third kappa shape index (κ3) is 7.02. The number of carbonyl (C=O) groups is 1. The number of hydrogen-bond acceptors (Lipinski definition) is 4. The zero-order chi connectivity index (χ0) is 19.7.